The molecule has 7 heteroatoms. The van der Waals surface area contributed by atoms with E-state index in [1.165, 1.54) is 14.2 Å². The molecule has 0 aliphatic rings. The molecule has 0 saturated carbocycles. The number of benzene rings is 1. The number of ether oxygens (including phenoxy) is 2. The summed E-state index contributed by atoms with van der Waals surface area (Å²) < 4.78 is 9.92. The van der Waals surface area contributed by atoms with E-state index in [1.807, 2.05) is 0 Å². The number of methoxy groups -OCH3 is 2. The summed E-state index contributed by atoms with van der Waals surface area (Å²) in [5.74, 6) is 0.208. The summed E-state index contributed by atoms with van der Waals surface area (Å²) in [6.07, 6.45) is -0.831. The quantitative estimate of drug-likeness (QED) is 0.538. The third kappa shape index (κ3) is 5.04. The molecular formula is C13H20N2O5. The van der Waals surface area contributed by atoms with E-state index in [4.69, 9.17) is 14.6 Å². The standard InChI is InChI=1S/C13H20N2O5/c1-19-8-13(18)15-11-4-3-9(5-12(11)20-2)14-6-10(17)7-16/h3-5,10,14,16-17H,6-8H2,1-2H3,(H,15,18). The van der Waals surface area contributed by atoms with E-state index >= 15 is 0 Å². The maximum Gasteiger partial charge on any atom is 0.250 e. The largest absolute Gasteiger partial charge is 0.494 e. The number of amides is 1. The number of aliphatic hydroxyl groups is 2. The van der Waals surface area contributed by atoms with E-state index in [2.05, 4.69) is 10.6 Å². The van der Waals surface area contributed by atoms with Crippen LogP contribution >= 0.6 is 0 Å². The van der Waals surface area contributed by atoms with Crippen molar-refractivity contribution in [2.45, 2.75) is 6.10 Å². The lowest BCUT2D eigenvalue weighted by Gasteiger charge is -2.14. The summed E-state index contributed by atoms with van der Waals surface area (Å²) in [5.41, 5.74) is 1.24. The topological polar surface area (TPSA) is 100 Å². The zero-order chi connectivity index (χ0) is 15.0. The van der Waals surface area contributed by atoms with Gasteiger partial charge in [-0.1, -0.05) is 0 Å². The average molecular weight is 284 g/mol. The fourth-order valence-corrected chi connectivity index (χ4v) is 1.52. The molecule has 1 atom stereocenters. The number of rotatable bonds is 8. The number of hydrogen-bond acceptors (Lipinski definition) is 6. The van der Waals surface area contributed by atoms with E-state index in [0.717, 1.165) is 0 Å². The van der Waals surface area contributed by atoms with Crippen molar-refractivity contribution in [3.63, 3.8) is 0 Å². The average Bonchev–Trinajstić information content (AvgIpc) is 2.45. The highest BCUT2D eigenvalue weighted by molar-refractivity contribution is 5.93. The number of carbonyl (C=O) groups excluding carboxylic acids is 1. The van der Waals surface area contributed by atoms with Crippen LogP contribution in [0.4, 0.5) is 11.4 Å². The van der Waals surface area contributed by atoms with Gasteiger partial charge in [0.1, 0.15) is 12.4 Å². The molecule has 20 heavy (non-hydrogen) atoms. The van der Waals surface area contributed by atoms with Crippen LogP contribution in [0, 0.1) is 0 Å². The molecule has 0 aliphatic heterocycles. The summed E-state index contributed by atoms with van der Waals surface area (Å²) in [4.78, 5) is 11.5. The van der Waals surface area contributed by atoms with Gasteiger partial charge in [0, 0.05) is 25.4 Å². The molecule has 0 bridgehead atoms. The van der Waals surface area contributed by atoms with Crippen molar-refractivity contribution in [3.05, 3.63) is 18.2 Å². The van der Waals surface area contributed by atoms with E-state index < -0.39 is 6.10 Å². The van der Waals surface area contributed by atoms with Crippen LogP contribution in [-0.4, -0.2) is 56.2 Å². The second-order valence-electron chi connectivity index (χ2n) is 4.11. The van der Waals surface area contributed by atoms with Crippen LogP contribution in [0.2, 0.25) is 0 Å². The van der Waals surface area contributed by atoms with Crippen LogP contribution in [0.25, 0.3) is 0 Å². The Morgan fingerprint density at radius 2 is 2.15 bits per heavy atom. The van der Waals surface area contributed by atoms with Crippen LogP contribution in [0.3, 0.4) is 0 Å². The van der Waals surface area contributed by atoms with Gasteiger partial charge < -0.3 is 30.3 Å². The number of nitrogens with one attached hydrogen (secondary N) is 2. The maximum absolute atomic E-state index is 11.5. The fourth-order valence-electron chi connectivity index (χ4n) is 1.52. The molecule has 112 valence electrons. The molecule has 1 amide bonds. The first-order valence-corrected chi connectivity index (χ1v) is 6.10. The van der Waals surface area contributed by atoms with Crippen LogP contribution in [-0.2, 0) is 9.53 Å². The summed E-state index contributed by atoms with van der Waals surface area (Å²) in [6.45, 7) is -0.129. The maximum atomic E-state index is 11.5. The minimum absolute atomic E-state index is 0.0359. The molecule has 1 unspecified atom stereocenters. The molecule has 1 rings (SSSR count). The van der Waals surface area contributed by atoms with Gasteiger partial charge in [0.15, 0.2) is 0 Å². The Balaban J connectivity index is 2.72. The van der Waals surface area contributed by atoms with Crippen molar-refractivity contribution in [3.8, 4) is 5.75 Å². The Morgan fingerprint density at radius 3 is 2.75 bits per heavy atom. The lowest BCUT2D eigenvalue weighted by Crippen LogP contribution is -2.23. The molecule has 0 fully saturated rings. The van der Waals surface area contributed by atoms with Crippen molar-refractivity contribution in [2.75, 3.05) is 44.6 Å². The molecule has 0 saturated heterocycles. The highest BCUT2D eigenvalue weighted by Gasteiger charge is 2.09. The highest BCUT2D eigenvalue weighted by atomic mass is 16.5. The van der Waals surface area contributed by atoms with E-state index in [0.29, 0.717) is 17.1 Å². The van der Waals surface area contributed by atoms with Crippen molar-refractivity contribution in [1.29, 1.82) is 0 Å². The Kier molecular flexibility index (Phi) is 6.78. The fraction of sp³-hybridized carbons (Fsp3) is 0.462. The molecule has 0 aliphatic carbocycles. The Hall–Kier alpha value is -1.83. The van der Waals surface area contributed by atoms with Gasteiger partial charge in [0.05, 0.1) is 25.5 Å². The van der Waals surface area contributed by atoms with Crippen LogP contribution < -0.4 is 15.4 Å². The Labute approximate surface area is 117 Å². The summed E-state index contributed by atoms with van der Waals surface area (Å²) in [6, 6.07) is 5.10. The number of aliphatic hydroxyl groups excluding tert-OH is 2. The van der Waals surface area contributed by atoms with E-state index in [9.17, 15) is 9.90 Å². The number of hydrogen-bond donors (Lipinski definition) is 4. The van der Waals surface area contributed by atoms with Crippen molar-refractivity contribution >= 4 is 17.3 Å². The molecule has 1 aromatic carbocycles. The predicted molar refractivity (Wildman–Crippen MR) is 75.1 cm³/mol. The van der Waals surface area contributed by atoms with Gasteiger partial charge in [-0.15, -0.1) is 0 Å². The SMILES string of the molecule is COCC(=O)Nc1ccc(NCC(O)CO)cc1OC. The van der Waals surface area contributed by atoms with Gasteiger partial charge >= 0.3 is 0 Å². The molecule has 1 aromatic rings. The Morgan fingerprint density at radius 1 is 1.40 bits per heavy atom. The van der Waals surface area contributed by atoms with Crippen LogP contribution in [0.15, 0.2) is 18.2 Å². The lowest BCUT2D eigenvalue weighted by molar-refractivity contribution is -0.119. The zero-order valence-electron chi connectivity index (χ0n) is 11.5. The molecule has 0 radical (unpaired) electrons. The second-order valence-corrected chi connectivity index (χ2v) is 4.11. The zero-order valence-corrected chi connectivity index (χ0v) is 11.5. The normalized spacial score (nSPS) is 11.8. The third-order valence-electron chi connectivity index (χ3n) is 2.50. The minimum Gasteiger partial charge on any atom is -0.494 e. The number of carbonyl (C=O) groups is 1. The number of anilines is 2. The van der Waals surface area contributed by atoms with Crippen molar-refractivity contribution in [1.82, 2.24) is 0 Å². The monoisotopic (exact) mass is 284 g/mol. The molecule has 0 aromatic heterocycles. The summed E-state index contributed by atoms with van der Waals surface area (Å²) in [5, 5.41) is 23.6. The Bertz CT molecular complexity index is 439. The molecular weight excluding hydrogens is 264 g/mol. The van der Waals surface area contributed by atoms with Gasteiger partial charge in [0.2, 0.25) is 5.91 Å². The van der Waals surface area contributed by atoms with Gasteiger partial charge in [-0.05, 0) is 12.1 Å². The second kappa shape index (κ2) is 8.36. The summed E-state index contributed by atoms with van der Waals surface area (Å²) in [7, 11) is 2.93. The molecule has 4 N–H and O–H groups in total. The third-order valence-corrected chi connectivity index (χ3v) is 2.50. The summed E-state index contributed by atoms with van der Waals surface area (Å²) >= 11 is 0. The van der Waals surface area contributed by atoms with Gasteiger partial charge in [0.25, 0.3) is 0 Å². The van der Waals surface area contributed by atoms with Crippen molar-refractivity contribution < 1.29 is 24.5 Å². The van der Waals surface area contributed by atoms with Crippen LogP contribution in [0.1, 0.15) is 0 Å². The van der Waals surface area contributed by atoms with Gasteiger partial charge in [-0.25, -0.2) is 0 Å². The van der Waals surface area contributed by atoms with Gasteiger partial charge in [-0.2, -0.15) is 0 Å². The first-order chi connectivity index (χ1) is 9.60. The van der Waals surface area contributed by atoms with Crippen molar-refractivity contribution in [2.24, 2.45) is 0 Å². The van der Waals surface area contributed by atoms with Crippen LogP contribution in [0.5, 0.6) is 5.75 Å². The molecule has 7 nitrogen and oxygen atoms in total. The minimum atomic E-state index is -0.831. The van der Waals surface area contributed by atoms with E-state index in [1.54, 1.807) is 18.2 Å². The van der Waals surface area contributed by atoms with E-state index in [-0.39, 0.29) is 25.7 Å². The lowest BCUT2D eigenvalue weighted by atomic mass is 10.2. The molecule has 0 heterocycles. The predicted octanol–water partition coefficient (Wildman–Crippen LogP) is 0.0452. The first kappa shape index (κ1) is 16.2. The highest BCUT2D eigenvalue weighted by Crippen LogP contribution is 2.27. The molecule has 0 spiro atoms. The van der Waals surface area contributed by atoms with Gasteiger partial charge in [-0.3, -0.25) is 4.79 Å². The smallest absolute Gasteiger partial charge is 0.250 e. The first-order valence-electron chi connectivity index (χ1n) is 6.10.